The van der Waals surface area contributed by atoms with Gasteiger partial charge in [-0.05, 0) is 12.1 Å². The molecule has 88 valence electrons. The van der Waals surface area contributed by atoms with Crippen LogP contribution in [0.2, 0.25) is 0 Å². The Balaban J connectivity index is 2.74. The second kappa shape index (κ2) is 6.03. The van der Waals surface area contributed by atoms with Gasteiger partial charge in [0.25, 0.3) is 0 Å². The van der Waals surface area contributed by atoms with Crippen LogP contribution in [0, 0.1) is 0 Å². The monoisotopic (exact) mass is 239 g/mol. The van der Waals surface area contributed by atoms with Crippen molar-refractivity contribution in [1.82, 2.24) is 0 Å². The van der Waals surface area contributed by atoms with Gasteiger partial charge < -0.3 is 10.8 Å². The minimum atomic E-state index is -1.09. The molecular formula is C12H17NO2S. The lowest BCUT2D eigenvalue weighted by molar-refractivity contribution is 0.0763. The van der Waals surface area contributed by atoms with E-state index >= 15 is 0 Å². The van der Waals surface area contributed by atoms with Crippen LogP contribution >= 0.6 is 11.8 Å². The van der Waals surface area contributed by atoms with Crippen LogP contribution in [0.15, 0.2) is 29.2 Å². The van der Waals surface area contributed by atoms with E-state index in [1.165, 1.54) is 0 Å². The number of carbonyl (C=O) groups excluding carboxylic acids is 1. The summed E-state index contributed by atoms with van der Waals surface area (Å²) in [6.07, 6.45) is -1.09. The van der Waals surface area contributed by atoms with Gasteiger partial charge in [-0.25, -0.2) is 0 Å². The minimum absolute atomic E-state index is 0.0403. The highest BCUT2D eigenvalue weighted by atomic mass is 32.2. The number of hydrogen-bond acceptors (Lipinski definition) is 4. The van der Waals surface area contributed by atoms with Crippen LogP contribution in [0.4, 0.5) is 0 Å². The van der Waals surface area contributed by atoms with Crippen LogP contribution in [-0.4, -0.2) is 28.8 Å². The maximum atomic E-state index is 11.6. The number of Topliss-reactive ketones (excluding diaryl/α,β-unsaturated/α-hetero) is 1. The Morgan fingerprint density at radius 3 is 2.38 bits per heavy atom. The van der Waals surface area contributed by atoms with Gasteiger partial charge in [-0.15, -0.1) is 11.8 Å². The number of carbonyl (C=O) groups is 1. The van der Waals surface area contributed by atoms with E-state index in [0.717, 1.165) is 4.90 Å². The van der Waals surface area contributed by atoms with Crippen molar-refractivity contribution in [2.45, 2.75) is 30.1 Å². The largest absolute Gasteiger partial charge is 0.384 e. The predicted octanol–water partition coefficient (Wildman–Crippen LogP) is 1.69. The lowest BCUT2D eigenvalue weighted by Crippen LogP contribution is -2.29. The molecule has 1 unspecified atom stereocenters. The number of thioether (sulfide) groups is 1. The van der Waals surface area contributed by atoms with Crippen LogP contribution in [-0.2, 0) is 0 Å². The van der Waals surface area contributed by atoms with Crippen molar-refractivity contribution in [1.29, 1.82) is 0 Å². The quantitative estimate of drug-likeness (QED) is 0.606. The van der Waals surface area contributed by atoms with Crippen molar-refractivity contribution in [2.75, 3.05) is 6.54 Å². The van der Waals surface area contributed by atoms with Crippen LogP contribution in [0.25, 0.3) is 0 Å². The van der Waals surface area contributed by atoms with Crippen molar-refractivity contribution >= 4 is 17.5 Å². The van der Waals surface area contributed by atoms with E-state index in [1.54, 1.807) is 23.9 Å². The molecule has 0 fully saturated rings. The first-order chi connectivity index (χ1) is 7.54. The molecule has 4 heteroatoms. The topological polar surface area (TPSA) is 63.3 Å². The van der Waals surface area contributed by atoms with Crippen LogP contribution in [0.3, 0.4) is 0 Å². The van der Waals surface area contributed by atoms with Crippen molar-refractivity contribution in [3.63, 3.8) is 0 Å². The molecule has 0 saturated carbocycles. The van der Waals surface area contributed by atoms with Gasteiger partial charge >= 0.3 is 0 Å². The maximum Gasteiger partial charge on any atom is 0.192 e. The van der Waals surface area contributed by atoms with E-state index in [9.17, 15) is 9.90 Å². The van der Waals surface area contributed by atoms with E-state index in [2.05, 4.69) is 13.8 Å². The van der Waals surface area contributed by atoms with Gasteiger partial charge in [-0.1, -0.05) is 26.0 Å². The van der Waals surface area contributed by atoms with Gasteiger partial charge in [0.15, 0.2) is 5.78 Å². The zero-order valence-electron chi connectivity index (χ0n) is 9.51. The van der Waals surface area contributed by atoms with E-state index in [1.807, 2.05) is 12.1 Å². The molecule has 1 atom stereocenters. The lowest BCUT2D eigenvalue weighted by Gasteiger charge is -2.08. The first-order valence-corrected chi connectivity index (χ1v) is 6.11. The Hall–Kier alpha value is -0.840. The molecule has 0 heterocycles. The molecule has 1 aromatic carbocycles. The lowest BCUT2D eigenvalue weighted by atomic mass is 10.1. The molecule has 0 aliphatic rings. The zero-order valence-corrected chi connectivity index (χ0v) is 10.3. The number of aliphatic hydroxyl groups excluding tert-OH is 1. The highest BCUT2D eigenvalue weighted by Gasteiger charge is 2.14. The molecule has 0 aromatic heterocycles. The standard InChI is InChI=1S/C12H17NO2S/c1-8(2)16-10-5-3-9(4-6-10)12(15)11(14)7-13/h3-6,8,11,14H,7,13H2,1-2H3. The maximum absolute atomic E-state index is 11.6. The summed E-state index contributed by atoms with van der Waals surface area (Å²) in [7, 11) is 0. The Morgan fingerprint density at radius 2 is 1.94 bits per heavy atom. The van der Waals surface area contributed by atoms with Crippen molar-refractivity contribution < 1.29 is 9.90 Å². The van der Waals surface area contributed by atoms with Crippen LogP contribution in [0.1, 0.15) is 24.2 Å². The zero-order chi connectivity index (χ0) is 12.1. The number of ketones is 1. The average Bonchev–Trinajstić information content (AvgIpc) is 2.27. The number of hydrogen-bond donors (Lipinski definition) is 2. The predicted molar refractivity (Wildman–Crippen MR) is 66.8 cm³/mol. The number of aliphatic hydroxyl groups is 1. The van der Waals surface area contributed by atoms with Gasteiger partial charge in [-0.3, -0.25) is 4.79 Å². The number of rotatable bonds is 5. The van der Waals surface area contributed by atoms with Crippen molar-refractivity contribution in [2.24, 2.45) is 5.73 Å². The van der Waals surface area contributed by atoms with E-state index in [0.29, 0.717) is 10.8 Å². The van der Waals surface area contributed by atoms with Crippen molar-refractivity contribution in [3.8, 4) is 0 Å². The Kier molecular flexibility index (Phi) is 4.99. The molecule has 1 aromatic rings. The summed E-state index contributed by atoms with van der Waals surface area (Å²) >= 11 is 1.73. The summed E-state index contributed by atoms with van der Waals surface area (Å²) in [5, 5.41) is 9.83. The van der Waals surface area contributed by atoms with Crippen molar-refractivity contribution in [3.05, 3.63) is 29.8 Å². The van der Waals surface area contributed by atoms with Gasteiger partial charge in [0.2, 0.25) is 0 Å². The highest BCUT2D eigenvalue weighted by molar-refractivity contribution is 7.99. The second-order valence-electron chi connectivity index (χ2n) is 3.81. The minimum Gasteiger partial charge on any atom is -0.384 e. The second-order valence-corrected chi connectivity index (χ2v) is 5.46. The van der Waals surface area contributed by atoms with E-state index in [4.69, 9.17) is 5.73 Å². The Bertz CT molecular complexity index is 349. The third-order valence-electron chi connectivity index (χ3n) is 2.04. The summed E-state index contributed by atoms with van der Waals surface area (Å²) in [5.74, 6) is -0.316. The molecule has 0 bridgehead atoms. The molecule has 0 amide bonds. The van der Waals surface area contributed by atoms with E-state index < -0.39 is 6.10 Å². The van der Waals surface area contributed by atoms with Crippen LogP contribution < -0.4 is 5.73 Å². The molecule has 0 radical (unpaired) electrons. The fourth-order valence-electron chi connectivity index (χ4n) is 1.27. The summed E-state index contributed by atoms with van der Waals surface area (Å²) in [6, 6.07) is 7.24. The molecular weight excluding hydrogens is 222 g/mol. The SMILES string of the molecule is CC(C)Sc1ccc(C(=O)C(O)CN)cc1. The van der Waals surface area contributed by atoms with Gasteiger partial charge in [-0.2, -0.15) is 0 Å². The third kappa shape index (κ3) is 3.63. The molecule has 3 N–H and O–H groups in total. The van der Waals surface area contributed by atoms with Crippen LogP contribution in [0.5, 0.6) is 0 Å². The normalized spacial score (nSPS) is 12.8. The fraction of sp³-hybridized carbons (Fsp3) is 0.417. The molecule has 3 nitrogen and oxygen atoms in total. The third-order valence-corrected chi connectivity index (χ3v) is 3.05. The average molecular weight is 239 g/mol. The van der Waals surface area contributed by atoms with Gasteiger partial charge in [0, 0.05) is 22.3 Å². The van der Waals surface area contributed by atoms with Gasteiger partial charge in [0.05, 0.1) is 0 Å². The Morgan fingerprint density at radius 1 is 1.38 bits per heavy atom. The fourth-order valence-corrected chi connectivity index (χ4v) is 2.11. The van der Waals surface area contributed by atoms with E-state index in [-0.39, 0.29) is 12.3 Å². The summed E-state index contributed by atoms with van der Waals surface area (Å²) in [5.41, 5.74) is 5.74. The summed E-state index contributed by atoms with van der Waals surface area (Å²) in [4.78, 5) is 12.7. The molecule has 0 spiro atoms. The van der Waals surface area contributed by atoms with Gasteiger partial charge in [0.1, 0.15) is 6.10 Å². The molecule has 1 rings (SSSR count). The molecule has 0 aliphatic heterocycles. The highest BCUT2D eigenvalue weighted by Crippen LogP contribution is 2.23. The smallest absolute Gasteiger partial charge is 0.192 e. The first-order valence-electron chi connectivity index (χ1n) is 5.23. The first kappa shape index (κ1) is 13.2. The summed E-state index contributed by atoms with van der Waals surface area (Å²) < 4.78 is 0. The molecule has 0 aliphatic carbocycles. The number of benzene rings is 1. The molecule has 0 saturated heterocycles. The molecule has 16 heavy (non-hydrogen) atoms. The number of nitrogens with two attached hydrogens (primary N) is 1. The summed E-state index contributed by atoms with van der Waals surface area (Å²) in [6.45, 7) is 4.19. The Labute approximate surface area is 100 Å².